The number of aldehydes is 1. The van der Waals surface area contributed by atoms with Crippen LogP contribution < -0.4 is 10.1 Å². The van der Waals surface area contributed by atoms with Crippen LogP contribution in [-0.4, -0.2) is 26.0 Å². The van der Waals surface area contributed by atoms with Crippen LogP contribution in [0.4, 0.5) is 0 Å². The fourth-order valence-corrected chi connectivity index (χ4v) is 1.52. The van der Waals surface area contributed by atoms with Gasteiger partial charge in [-0.25, -0.2) is 0 Å². The largest absolute Gasteiger partial charge is 0.494 e. The number of rotatable bonds is 9. The maximum atomic E-state index is 10.6. The highest BCUT2D eigenvalue weighted by Crippen LogP contribution is 2.12. The molecule has 0 aliphatic carbocycles. The molecule has 1 rings (SSSR count). The van der Waals surface area contributed by atoms with Crippen LogP contribution in [-0.2, 0) is 0 Å². The van der Waals surface area contributed by atoms with E-state index in [1.807, 2.05) is 12.1 Å². The van der Waals surface area contributed by atoms with Crippen molar-refractivity contribution >= 4 is 6.29 Å². The number of carbonyl (C=O) groups excluding carboxylic acids is 1. The zero-order chi connectivity index (χ0) is 12.3. The zero-order valence-corrected chi connectivity index (χ0v) is 10.4. The lowest BCUT2D eigenvalue weighted by molar-refractivity contribution is 0.112. The number of ether oxygens (including phenoxy) is 1. The molecule has 17 heavy (non-hydrogen) atoms. The van der Waals surface area contributed by atoms with Crippen molar-refractivity contribution in [2.24, 2.45) is 0 Å². The highest BCUT2D eigenvalue weighted by Gasteiger charge is 1.95. The molecule has 0 spiro atoms. The average molecular weight is 235 g/mol. The summed E-state index contributed by atoms with van der Waals surface area (Å²) in [5.41, 5.74) is 0.659. The van der Waals surface area contributed by atoms with Crippen LogP contribution in [0.5, 0.6) is 5.75 Å². The normalized spacial score (nSPS) is 10.2. The molecule has 0 saturated carbocycles. The molecule has 0 aliphatic rings. The number of hydrogen-bond donors (Lipinski definition) is 1. The van der Waals surface area contributed by atoms with Crippen LogP contribution in [0.25, 0.3) is 0 Å². The SMILES string of the molecule is CCCNCCCCOc1cccc(C=O)c1. The first-order valence-electron chi connectivity index (χ1n) is 6.25. The van der Waals surface area contributed by atoms with Crippen molar-refractivity contribution in [3.05, 3.63) is 29.8 Å². The number of carbonyl (C=O) groups is 1. The minimum Gasteiger partial charge on any atom is -0.494 e. The predicted octanol–water partition coefficient (Wildman–Crippen LogP) is 2.66. The molecule has 94 valence electrons. The summed E-state index contributed by atoms with van der Waals surface area (Å²) in [5.74, 6) is 0.774. The van der Waals surface area contributed by atoms with Gasteiger partial charge in [0.15, 0.2) is 0 Å². The van der Waals surface area contributed by atoms with Gasteiger partial charge in [-0.1, -0.05) is 19.1 Å². The van der Waals surface area contributed by atoms with Gasteiger partial charge in [0.25, 0.3) is 0 Å². The van der Waals surface area contributed by atoms with Crippen LogP contribution in [0, 0.1) is 0 Å². The Kier molecular flexibility index (Phi) is 7.07. The third-order valence-electron chi connectivity index (χ3n) is 2.44. The topological polar surface area (TPSA) is 38.3 Å². The lowest BCUT2D eigenvalue weighted by atomic mass is 10.2. The highest BCUT2D eigenvalue weighted by atomic mass is 16.5. The molecule has 1 aromatic carbocycles. The van der Waals surface area contributed by atoms with Crippen LogP contribution in [0.15, 0.2) is 24.3 Å². The Morgan fingerprint density at radius 2 is 2.18 bits per heavy atom. The Bertz CT molecular complexity index is 326. The number of nitrogens with one attached hydrogen (secondary N) is 1. The number of hydrogen-bond acceptors (Lipinski definition) is 3. The first-order chi connectivity index (χ1) is 8.36. The van der Waals surface area contributed by atoms with Crippen molar-refractivity contribution in [2.45, 2.75) is 26.2 Å². The van der Waals surface area contributed by atoms with E-state index in [1.165, 1.54) is 6.42 Å². The van der Waals surface area contributed by atoms with Gasteiger partial charge in [0, 0.05) is 5.56 Å². The molecule has 3 heteroatoms. The van der Waals surface area contributed by atoms with Crippen molar-refractivity contribution in [2.75, 3.05) is 19.7 Å². The maximum absolute atomic E-state index is 10.6. The summed E-state index contributed by atoms with van der Waals surface area (Å²) >= 11 is 0. The van der Waals surface area contributed by atoms with Gasteiger partial charge in [0.2, 0.25) is 0 Å². The molecule has 0 aliphatic heterocycles. The van der Waals surface area contributed by atoms with E-state index >= 15 is 0 Å². The fraction of sp³-hybridized carbons (Fsp3) is 0.500. The molecule has 0 heterocycles. The van der Waals surface area contributed by atoms with E-state index in [1.54, 1.807) is 12.1 Å². The van der Waals surface area contributed by atoms with Crippen LogP contribution in [0.2, 0.25) is 0 Å². The molecule has 0 unspecified atom stereocenters. The molecule has 0 aromatic heterocycles. The smallest absolute Gasteiger partial charge is 0.150 e. The molecular formula is C14H21NO2. The Hall–Kier alpha value is -1.35. The van der Waals surface area contributed by atoms with Crippen LogP contribution in [0.3, 0.4) is 0 Å². The summed E-state index contributed by atoms with van der Waals surface area (Å²) in [7, 11) is 0. The Balaban J connectivity index is 2.11. The van der Waals surface area contributed by atoms with Gasteiger partial charge in [-0.3, -0.25) is 4.79 Å². The number of benzene rings is 1. The van der Waals surface area contributed by atoms with Gasteiger partial charge in [-0.05, 0) is 44.5 Å². The second-order valence-corrected chi connectivity index (χ2v) is 4.00. The van der Waals surface area contributed by atoms with Gasteiger partial charge < -0.3 is 10.1 Å². The second kappa shape index (κ2) is 8.76. The van der Waals surface area contributed by atoms with Gasteiger partial charge in [-0.15, -0.1) is 0 Å². The van der Waals surface area contributed by atoms with Gasteiger partial charge >= 0.3 is 0 Å². The molecule has 3 nitrogen and oxygen atoms in total. The summed E-state index contributed by atoms with van der Waals surface area (Å²) in [6.07, 6.45) is 4.16. The highest BCUT2D eigenvalue weighted by molar-refractivity contribution is 5.75. The summed E-state index contributed by atoms with van der Waals surface area (Å²) in [5, 5.41) is 3.35. The first kappa shape index (κ1) is 13.7. The molecule has 1 aromatic rings. The molecule has 0 amide bonds. The van der Waals surface area contributed by atoms with E-state index in [4.69, 9.17) is 4.74 Å². The molecule has 0 bridgehead atoms. The Morgan fingerprint density at radius 1 is 1.29 bits per heavy atom. The maximum Gasteiger partial charge on any atom is 0.150 e. The van der Waals surface area contributed by atoms with Gasteiger partial charge in [0.05, 0.1) is 6.61 Å². The monoisotopic (exact) mass is 235 g/mol. The summed E-state index contributed by atoms with van der Waals surface area (Å²) < 4.78 is 5.57. The Labute approximate surface area is 103 Å². The summed E-state index contributed by atoms with van der Waals surface area (Å²) in [6.45, 7) is 5.00. The van der Waals surface area contributed by atoms with E-state index in [2.05, 4.69) is 12.2 Å². The molecule has 0 radical (unpaired) electrons. The summed E-state index contributed by atoms with van der Waals surface area (Å²) in [4.78, 5) is 10.6. The third-order valence-corrected chi connectivity index (χ3v) is 2.44. The quantitative estimate of drug-likeness (QED) is 0.528. The minimum atomic E-state index is 0.659. The van der Waals surface area contributed by atoms with E-state index in [0.717, 1.165) is 38.0 Å². The van der Waals surface area contributed by atoms with E-state index in [9.17, 15) is 4.79 Å². The molecule has 0 fully saturated rings. The Morgan fingerprint density at radius 3 is 2.94 bits per heavy atom. The standard InChI is InChI=1S/C14H21NO2/c1-2-8-15-9-3-4-10-17-14-7-5-6-13(11-14)12-16/h5-7,11-12,15H,2-4,8-10H2,1H3. The van der Waals surface area contributed by atoms with Crippen molar-refractivity contribution in [3.8, 4) is 5.75 Å². The lowest BCUT2D eigenvalue weighted by Gasteiger charge is -2.06. The van der Waals surface area contributed by atoms with Crippen molar-refractivity contribution < 1.29 is 9.53 Å². The predicted molar refractivity (Wildman–Crippen MR) is 69.7 cm³/mol. The van der Waals surface area contributed by atoms with Crippen molar-refractivity contribution in [1.82, 2.24) is 5.32 Å². The van der Waals surface area contributed by atoms with E-state index in [0.29, 0.717) is 12.2 Å². The average Bonchev–Trinajstić information content (AvgIpc) is 2.38. The van der Waals surface area contributed by atoms with Gasteiger partial charge in [0.1, 0.15) is 12.0 Å². The zero-order valence-electron chi connectivity index (χ0n) is 10.4. The molecular weight excluding hydrogens is 214 g/mol. The van der Waals surface area contributed by atoms with Crippen molar-refractivity contribution in [1.29, 1.82) is 0 Å². The molecule has 1 N–H and O–H groups in total. The lowest BCUT2D eigenvalue weighted by Crippen LogP contribution is -2.16. The second-order valence-electron chi connectivity index (χ2n) is 4.00. The van der Waals surface area contributed by atoms with Crippen LogP contribution >= 0.6 is 0 Å². The van der Waals surface area contributed by atoms with E-state index in [-0.39, 0.29) is 0 Å². The minimum absolute atomic E-state index is 0.659. The van der Waals surface area contributed by atoms with E-state index < -0.39 is 0 Å². The fourth-order valence-electron chi connectivity index (χ4n) is 1.52. The number of unbranched alkanes of at least 4 members (excludes halogenated alkanes) is 1. The molecule has 0 atom stereocenters. The van der Waals surface area contributed by atoms with Gasteiger partial charge in [-0.2, -0.15) is 0 Å². The third kappa shape index (κ3) is 6.07. The molecule has 0 saturated heterocycles. The first-order valence-corrected chi connectivity index (χ1v) is 6.25. The van der Waals surface area contributed by atoms with Crippen molar-refractivity contribution in [3.63, 3.8) is 0 Å². The summed E-state index contributed by atoms with van der Waals surface area (Å²) in [6, 6.07) is 7.25. The van der Waals surface area contributed by atoms with Crippen LogP contribution in [0.1, 0.15) is 36.5 Å².